The molecule has 7 heteroatoms. The fourth-order valence-corrected chi connectivity index (χ4v) is 3.62. The summed E-state index contributed by atoms with van der Waals surface area (Å²) in [5.74, 6) is -1.79. The smallest absolute Gasteiger partial charge is 0.318 e. The predicted molar refractivity (Wildman–Crippen MR) is 119 cm³/mol. The summed E-state index contributed by atoms with van der Waals surface area (Å²) in [6, 6.07) is 16.8. The maximum atomic E-state index is 12.3. The topological polar surface area (TPSA) is 136 Å². The quantitative estimate of drug-likeness (QED) is 0.227. The zero-order valence-electron chi connectivity index (χ0n) is 16.5. The van der Waals surface area contributed by atoms with Gasteiger partial charge in [0, 0.05) is 44.0 Å². The highest BCUT2D eigenvalue weighted by atomic mass is 16.6. The minimum atomic E-state index is -0.812. The Morgan fingerprint density at radius 1 is 0.645 bits per heavy atom. The number of carbonyl (C=O) groups is 2. The van der Waals surface area contributed by atoms with Crippen LogP contribution in [-0.2, 0) is 27.2 Å². The van der Waals surface area contributed by atoms with E-state index in [0.717, 1.165) is 0 Å². The number of nitrogen functional groups attached to an aromatic ring is 2. The van der Waals surface area contributed by atoms with Gasteiger partial charge >= 0.3 is 11.9 Å². The summed E-state index contributed by atoms with van der Waals surface area (Å²) in [5, 5.41) is 23.3. The highest BCUT2D eigenvalue weighted by Crippen LogP contribution is 2.33. The van der Waals surface area contributed by atoms with Crippen molar-refractivity contribution in [2.75, 3.05) is 11.5 Å². The summed E-state index contributed by atoms with van der Waals surface area (Å²) in [6.45, 7) is 0. The molecule has 7 nitrogen and oxygen atoms in total. The molecule has 0 aliphatic heterocycles. The predicted octanol–water partition coefficient (Wildman–Crippen LogP) is 3.42. The van der Waals surface area contributed by atoms with Crippen molar-refractivity contribution in [1.82, 2.24) is 0 Å². The van der Waals surface area contributed by atoms with E-state index >= 15 is 0 Å². The first-order valence-electron chi connectivity index (χ1n) is 9.56. The van der Waals surface area contributed by atoms with Crippen LogP contribution in [0.25, 0.3) is 21.5 Å². The van der Waals surface area contributed by atoms with Crippen LogP contribution in [0.15, 0.2) is 60.7 Å². The normalized spacial score (nSPS) is 11.0. The Hall–Kier alpha value is -4.26. The van der Waals surface area contributed by atoms with Crippen molar-refractivity contribution >= 4 is 44.9 Å². The van der Waals surface area contributed by atoms with Crippen LogP contribution in [0.5, 0.6) is 11.5 Å². The molecule has 0 atom stereocenters. The molecule has 0 spiro atoms. The minimum absolute atomic E-state index is 0.0843. The molecule has 6 N–H and O–H groups in total. The van der Waals surface area contributed by atoms with Crippen molar-refractivity contribution in [2.24, 2.45) is 0 Å². The second-order valence-corrected chi connectivity index (χ2v) is 7.23. The summed E-state index contributed by atoms with van der Waals surface area (Å²) in [6.07, 6.45) is -0.578. The summed E-state index contributed by atoms with van der Waals surface area (Å²) in [7, 11) is 0. The van der Waals surface area contributed by atoms with Crippen LogP contribution < -0.4 is 11.5 Å². The van der Waals surface area contributed by atoms with Crippen molar-refractivity contribution in [3.8, 4) is 11.5 Å². The molecule has 0 radical (unpaired) electrons. The van der Waals surface area contributed by atoms with Gasteiger partial charge in [-0.25, -0.2) is 0 Å². The van der Waals surface area contributed by atoms with Crippen LogP contribution in [0.3, 0.4) is 0 Å². The van der Waals surface area contributed by atoms with E-state index in [9.17, 15) is 19.8 Å². The lowest BCUT2D eigenvalue weighted by molar-refractivity contribution is -0.158. The second kappa shape index (κ2) is 7.87. The Morgan fingerprint density at radius 3 is 1.48 bits per heavy atom. The van der Waals surface area contributed by atoms with E-state index in [2.05, 4.69) is 0 Å². The standard InChI is InChI=1S/C24H20N2O5/c25-19-5-1-3-17-15(19)9-7-13(23(17)29)11-21(27)31-22(28)12-14-8-10-16-18(24(14)30)4-2-6-20(16)26/h1-10,29-30H,11-12,25-26H2. The Morgan fingerprint density at radius 2 is 1.06 bits per heavy atom. The molecule has 4 rings (SSSR count). The maximum absolute atomic E-state index is 12.3. The molecule has 0 bridgehead atoms. The lowest BCUT2D eigenvalue weighted by Gasteiger charge is -2.10. The van der Waals surface area contributed by atoms with Gasteiger partial charge in [0.1, 0.15) is 11.5 Å². The molecule has 31 heavy (non-hydrogen) atoms. The molecule has 0 amide bonds. The van der Waals surface area contributed by atoms with E-state index in [1.807, 2.05) is 0 Å². The lowest BCUT2D eigenvalue weighted by Crippen LogP contribution is -2.16. The van der Waals surface area contributed by atoms with E-state index in [4.69, 9.17) is 16.2 Å². The fourth-order valence-electron chi connectivity index (χ4n) is 3.62. The molecule has 156 valence electrons. The number of ether oxygens (including phenoxy) is 1. The number of rotatable bonds is 4. The highest BCUT2D eigenvalue weighted by Gasteiger charge is 2.18. The molecule has 4 aromatic rings. The maximum Gasteiger partial charge on any atom is 0.318 e. The third kappa shape index (κ3) is 3.81. The number of anilines is 2. The third-order valence-corrected chi connectivity index (χ3v) is 5.20. The number of fused-ring (bicyclic) bond motifs is 2. The van der Waals surface area contributed by atoms with E-state index in [0.29, 0.717) is 44.0 Å². The Kier molecular flexibility index (Phi) is 5.09. The first-order chi connectivity index (χ1) is 14.8. The van der Waals surface area contributed by atoms with Crippen LogP contribution in [0.1, 0.15) is 11.1 Å². The third-order valence-electron chi connectivity index (χ3n) is 5.20. The Labute approximate surface area is 177 Å². The van der Waals surface area contributed by atoms with Crippen LogP contribution in [0, 0.1) is 0 Å². The van der Waals surface area contributed by atoms with E-state index in [1.165, 1.54) is 0 Å². The first-order valence-corrected chi connectivity index (χ1v) is 9.56. The molecular formula is C24H20N2O5. The highest BCUT2D eigenvalue weighted by molar-refractivity contribution is 5.99. The number of phenols is 2. The Bertz CT molecular complexity index is 1240. The fraction of sp³-hybridized carbons (Fsp3) is 0.0833. The number of aromatic hydroxyl groups is 2. The average molecular weight is 416 g/mol. The molecular weight excluding hydrogens is 396 g/mol. The zero-order chi connectivity index (χ0) is 22.1. The van der Waals surface area contributed by atoms with Crippen LogP contribution >= 0.6 is 0 Å². The van der Waals surface area contributed by atoms with E-state index in [-0.39, 0.29) is 24.3 Å². The number of nitrogens with two attached hydrogens (primary N) is 2. The number of hydrogen-bond acceptors (Lipinski definition) is 7. The van der Waals surface area contributed by atoms with Crippen LogP contribution in [0.2, 0.25) is 0 Å². The van der Waals surface area contributed by atoms with E-state index in [1.54, 1.807) is 60.7 Å². The van der Waals surface area contributed by atoms with Crippen molar-refractivity contribution in [3.63, 3.8) is 0 Å². The summed E-state index contributed by atoms with van der Waals surface area (Å²) >= 11 is 0. The molecule has 0 saturated carbocycles. The molecule has 0 fully saturated rings. The molecule has 0 heterocycles. The van der Waals surface area contributed by atoms with Crippen molar-refractivity contribution < 1.29 is 24.5 Å². The van der Waals surface area contributed by atoms with Crippen LogP contribution in [0.4, 0.5) is 11.4 Å². The van der Waals surface area contributed by atoms with Gasteiger partial charge in [0.05, 0.1) is 12.8 Å². The number of hydrogen-bond donors (Lipinski definition) is 4. The molecule has 0 aliphatic carbocycles. The van der Waals surface area contributed by atoms with Gasteiger partial charge in [0.25, 0.3) is 0 Å². The summed E-state index contributed by atoms with van der Waals surface area (Å²) < 4.78 is 4.89. The van der Waals surface area contributed by atoms with Crippen molar-refractivity contribution in [2.45, 2.75) is 12.8 Å². The van der Waals surface area contributed by atoms with Gasteiger partial charge in [-0.1, -0.05) is 48.5 Å². The summed E-state index contributed by atoms with van der Waals surface area (Å²) in [4.78, 5) is 24.5. The molecule has 4 aromatic carbocycles. The van der Waals surface area contributed by atoms with Crippen molar-refractivity contribution in [1.29, 1.82) is 0 Å². The zero-order valence-corrected chi connectivity index (χ0v) is 16.5. The van der Waals surface area contributed by atoms with Gasteiger partial charge in [0.15, 0.2) is 0 Å². The minimum Gasteiger partial charge on any atom is -0.507 e. The van der Waals surface area contributed by atoms with Crippen molar-refractivity contribution in [3.05, 3.63) is 71.8 Å². The van der Waals surface area contributed by atoms with Crippen LogP contribution in [-0.4, -0.2) is 22.2 Å². The number of esters is 2. The van der Waals surface area contributed by atoms with Gasteiger partial charge < -0.3 is 26.4 Å². The largest absolute Gasteiger partial charge is 0.507 e. The Balaban J connectivity index is 1.48. The van der Waals surface area contributed by atoms with Gasteiger partial charge in [-0.2, -0.15) is 0 Å². The summed E-state index contributed by atoms with van der Waals surface area (Å²) in [5.41, 5.74) is 13.4. The molecule has 0 unspecified atom stereocenters. The van der Waals surface area contributed by atoms with Gasteiger partial charge in [-0.15, -0.1) is 0 Å². The molecule has 0 aromatic heterocycles. The van der Waals surface area contributed by atoms with E-state index < -0.39 is 11.9 Å². The average Bonchev–Trinajstić information content (AvgIpc) is 2.73. The second-order valence-electron chi connectivity index (χ2n) is 7.23. The lowest BCUT2D eigenvalue weighted by atomic mass is 10.0. The van der Waals surface area contributed by atoms with Gasteiger partial charge in [0.2, 0.25) is 0 Å². The molecule has 0 saturated heterocycles. The number of carbonyl (C=O) groups excluding carboxylic acids is 2. The van der Waals surface area contributed by atoms with Gasteiger partial charge in [-0.05, 0) is 12.1 Å². The SMILES string of the molecule is Nc1cccc2c(O)c(CC(=O)OC(=O)Cc3ccc4c(N)cccc4c3O)ccc12. The number of benzene rings is 4. The first kappa shape index (κ1) is 20.0. The monoisotopic (exact) mass is 416 g/mol. The molecule has 0 aliphatic rings. The number of phenolic OH excluding ortho intramolecular Hbond substituents is 2. The van der Waals surface area contributed by atoms with Gasteiger partial charge in [-0.3, -0.25) is 9.59 Å².